The van der Waals surface area contributed by atoms with E-state index in [2.05, 4.69) is 19.2 Å². The van der Waals surface area contributed by atoms with Crippen LogP contribution in [0.25, 0.3) is 0 Å². The number of halogens is 1. The van der Waals surface area contributed by atoms with Crippen molar-refractivity contribution in [3.63, 3.8) is 0 Å². The third-order valence-corrected chi connectivity index (χ3v) is 2.18. The van der Waals surface area contributed by atoms with Crippen molar-refractivity contribution in [1.82, 2.24) is 5.32 Å². The van der Waals surface area contributed by atoms with Crippen LogP contribution in [0.2, 0.25) is 0 Å². The highest BCUT2D eigenvalue weighted by atomic mass is 35.5. The van der Waals surface area contributed by atoms with Crippen LogP contribution >= 0.6 is 11.6 Å². The van der Waals surface area contributed by atoms with Crippen LogP contribution in [0, 0.1) is 0 Å². The van der Waals surface area contributed by atoms with E-state index in [-0.39, 0.29) is 0 Å². The molecule has 12 heavy (non-hydrogen) atoms. The predicted octanol–water partition coefficient (Wildman–Crippen LogP) is 2.02. The zero-order valence-electron chi connectivity index (χ0n) is 8.27. The molecule has 0 bridgehead atoms. The molecule has 0 saturated heterocycles. The summed E-state index contributed by atoms with van der Waals surface area (Å²) in [4.78, 5) is 0. The molecule has 0 saturated carbocycles. The minimum absolute atomic E-state index is 0.405. The first kappa shape index (κ1) is 12.2. The van der Waals surface area contributed by atoms with Crippen LogP contribution in [0.1, 0.15) is 26.7 Å². The minimum atomic E-state index is 0.405. The van der Waals surface area contributed by atoms with Gasteiger partial charge in [-0.1, -0.05) is 6.92 Å². The largest absolute Gasteiger partial charge is 0.383 e. The third kappa shape index (κ3) is 5.81. The molecule has 1 N–H and O–H groups in total. The fourth-order valence-electron chi connectivity index (χ4n) is 1.07. The second-order valence-electron chi connectivity index (χ2n) is 3.11. The minimum Gasteiger partial charge on any atom is -0.383 e. The molecule has 0 aliphatic carbocycles. The number of rotatable bonds is 7. The van der Waals surface area contributed by atoms with Crippen LogP contribution in [0.4, 0.5) is 0 Å². The highest BCUT2D eigenvalue weighted by Crippen LogP contribution is 1.99. The van der Waals surface area contributed by atoms with E-state index in [4.69, 9.17) is 16.3 Å². The van der Waals surface area contributed by atoms with Gasteiger partial charge in [0.25, 0.3) is 0 Å². The smallest absolute Gasteiger partial charge is 0.0616 e. The molecule has 0 aliphatic heterocycles. The lowest BCUT2D eigenvalue weighted by Crippen LogP contribution is -2.39. The van der Waals surface area contributed by atoms with E-state index in [1.807, 2.05) is 0 Å². The SMILES string of the molecule is CCC(C)NC(CCCl)COC. The van der Waals surface area contributed by atoms with E-state index >= 15 is 0 Å². The predicted molar refractivity (Wildman–Crippen MR) is 53.9 cm³/mol. The molecular weight excluding hydrogens is 174 g/mol. The summed E-state index contributed by atoms with van der Waals surface area (Å²) in [6.07, 6.45) is 2.11. The van der Waals surface area contributed by atoms with E-state index in [1.54, 1.807) is 7.11 Å². The fraction of sp³-hybridized carbons (Fsp3) is 1.00. The van der Waals surface area contributed by atoms with Gasteiger partial charge in [0.05, 0.1) is 6.61 Å². The molecule has 2 nitrogen and oxygen atoms in total. The fourth-order valence-corrected chi connectivity index (χ4v) is 1.33. The second kappa shape index (κ2) is 7.84. The third-order valence-electron chi connectivity index (χ3n) is 1.96. The van der Waals surface area contributed by atoms with Crippen LogP contribution in [0.5, 0.6) is 0 Å². The second-order valence-corrected chi connectivity index (χ2v) is 3.48. The zero-order chi connectivity index (χ0) is 9.40. The van der Waals surface area contributed by atoms with Crippen LogP contribution in [-0.2, 0) is 4.74 Å². The molecule has 0 aromatic heterocycles. The van der Waals surface area contributed by atoms with Crippen molar-refractivity contribution >= 4 is 11.6 Å². The van der Waals surface area contributed by atoms with Crippen molar-refractivity contribution < 1.29 is 4.74 Å². The highest BCUT2D eigenvalue weighted by molar-refractivity contribution is 6.17. The van der Waals surface area contributed by atoms with Gasteiger partial charge in [0.2, 0.25) is 0 Å². The molecule has 0 aromatic carbocycles. The van der Waals surface area contributed by atoms with E-state index < -0.39 is 0 Å². The Morgan fingerprint density at radius 3 is 2.58 bits per heavy atom. The van der Waals surface area contributed by atoms with Crippen molar-refractivity contribution in [2.45, 2.75) is 38.8 Å². The van der Waals surface area contributed by atoms with Gasteiger partial charge in [-0.25, -0.2) is 0 Å². The van der Waals surface area contributed by atoms with Gasteiger partial charge in [-0.05, 0) is 19.8 Å². The summed E-state index contributed by atoms with van der Waals surface area (Å²) in [7, 11) is 1.72. The van der Waals surface area contributed by atoms with Crippen molar-refractivity contribution in [3.8, 4) is 0 Å². The van der Waals surface area contributed by atoms with Crippen molar-refractivity contribution in [1.29, 1.82) is 0 Å². The molecule has 2 atom stereocenters. The maximum Gasteiger partial charge on any atom is 0.0616 e. The summed E-state index contributed by atoms with van der Waals surface area (Å²) in [5, 5.41) is 3.46. The number of nitrogens with one attached hydrogen (secondary N) is 1. The normalized spacial score (nSPS) is 16.0. The standard InChI is InChI=1S/C9H20ClNO/c1-4-8(2)11-9(5-6-10)7-12-3/h8-9,11H,4-7H2,1-3H3. The Morgan fingerprint density at radius 2 is 2.17 bits per heavy atom. The van der Waals surface area contributed by atoms with Gasteiger partial charge in [-0.3, -0.25) is 0 Å². The molecule has 0 aromatic rings. The van der Waals surface area contributed by atoms with Crippen molar-refractivity contribution in [2.24, 2.45) is 0 Å². The monoisotopic (exact) mass is 193 g/mol. The topological polar surface area (TPSA) is 21.3 Å². The van der Waals surface area contributed by atoms with E-state index in [0.29, 0.717) is 18.0 Å². The Balaban J connectivity index is 3.61. The summed E-state index contributed by atoms with van der Waals surface area (Å²) in [6.45, 7) is 5.09. The van der Waals surface area contributed by atoms with Crippen LogP contribution in [0.3, 0.4) is 0 Å². The van der Waals surface area contributed by atoms with Crippen LogP contribution < -0.4 is 5.32 Å². The average Bonchev–Trinajstić information content (AvgIpc) is 2.05. The lowest BCUT2D eigenvalue weighted by Gasteiger charge is -2.20. The van der Waals surface area contributed by atoms with E-state index in [1.165, 1.54) is 0 Å². The molecule has 0 fully saturated rings. The number of alkyl halides is 1. The van der Waals surface area contributed by atoms with Gasteiger partial charge in [0.15, 0.2) is 0 Å². The highest BCUT2D eigenvalue weighted by Gasteiger charge is 2.09. The Hall–Kier alpha value is 0.210. The van der Waals surface area contributed by atoms with Crippen LogP contribution in [-0.4, -0.2) is 31.7 Å². The number of hydrogen-bond acceptors (Lipinski definition) is 2. The zero-order valence-corrected chi connectivity index (χ0v) is 9.03. The lowest BCUT2D eigenvalue weighted by molar-refractivity contribution is 0.159. The van der Waals surface area contributed by atoms with Gasteiger partial charge >= 0.3 is 0 Å². The molecule has 0 radical (unpaired) electrons. The first-order valence-electron chi connectivity index (χ1n) is 4.55. The quantitative estimate of drug-likeness (QED) is 0.625. The summed E-state index contributed by atoms with van der Waals surface area (Å²) in [5.74, 6) is 0.692. The molecule has 0 rings (SSSR count). The van der Waals surface area contributed by atoms with E-state index in [0.717, 1.165) is 19.4 Å². The Bertz CT molecular complexity index is 94.5. The van der Waals surface area contributed by atoms with Crippen LogP contribution in [0.15, 0.2) is 0 Å². The molecule has 0 heterocycles. The molecule has 74 valence electrons. The molecule has 0 amide bonds. The first-order valence-corrected chi connectivity index (χ1v) is 5.09. The van der Waals surface area contributed by atoms with Gasteiger partial charge < -0.3 is 10.1 Å². The lowest BCUT2D eigenvalue weighted by atomic mass is 10.2. The first-order chi connectivity index (χ1) is 5.74. The summed E-state index contributed by atoms with van der Waals surface area (Å²) >= 11 is 5.66. The Morgan fingerprint density at radius 1 is 1.50 bits per heavy atom. The Kier molecular flexibility index (Phi) is 7.98. The molecule has 2 unspecified atom stereocenters. The molecular formula is C9H20ClNO. The van der Waals surface area contributed by atoms with Crippen molar-refractivity contribution in [2.75, 3.05) is 19.6 Å². The maximum absolute atomic E-state index is 5.66. The number of methoxy groups -OCH3 is 1. The summed E-state index contributed by atoms with van der Waals surface area (Å²) in [6, 6.07) is 0.954. The van der Waals surface area contributed by atoms with Crippen molar-refractivity contribution in [3.05, 3.63) is 0 Å². The molecule has 0 spiro atoms. The van der Waals surface area contributed by atoms with Gasteiger partial charge in [-0.2, -0.15) is 0 Å². The Labute approximate surface area is 80.6 Å². The molecule has 3 heteroatoms. The summed E-state index contributed by atoms with van der Waals surface area (Å²) < 4.78 is 5.08. The maximum atomic E-state index is 5.66. The summed E-state index contributed by atoms with van der Waals surface area (Å²) in [5.41, 5.74) is 0. The van der Waals surface area contributed by atoms with Gasteiger partial charge in [0.1, 0.15) is 0 Å². The molecule has 0 aliphatic rings. The number of hydrogen-bond donors (Lipinski definition) is 1. The average molecular weight is 194 g/mol. The van der Waals surface area contributed by atoms with E-state index in [9.17, 15) is 0 Å². The van der Waals surface area contributed by atoms with Gasteiger partial charge in [-0.15, -0.1) is 11.6 Å². The number of ether oxygens (including phenoxy) is 1. The van der Waals surface area contributed by atoms with Gasteiger partial charge in [0, 0.05) is 25.1 Å².